The summed E-state index contributed by atoms with van der Waals surface area (Å²) < 4.78 is 7.15. The molecular formula is C15H22N4O4. The topological polar surface area (TPSA) is 96.7 Å². The number of nitrogens with zero attached hydrogens (tertiary/aromatic N) is 3. The molecule has 23 heavy (non-hydrogen) atoms. The van der Waals surface area contributed by atoms with Crippen molar-refractivity contribution in [1.82, 2.24) is 20.0 Å². The van der Waals surface area contributed by atoms with Gasteiger partial charge in [-0.2, -0.15) is 5.10 Å². The molecule has 0 radical (unpaired) electrons. The molecule has 126 valence electrons. The first kappa shape index (κ1) is 15.8. The lowest BCUT2D eigenvalue weighted by molar-refractivity contribution is -0.147. The van der Waals surface area contributed by atoms with Crippen LogP contribution in [0.2, 0.25) is 0 Å². The predicted molar refractivity (Wildman–Crippen MR) is 80.9 cm³/mol. The molecule has 2 aliphatic heterocycles. The van der Waals surface area contributed by atoms with Crippen molar-refractivity contribution < 1.29 is 19.4 Å². The molecule has 3 heterocycles. The van der Waals surface area contributed by atoms with Crippen LogP contribution in [0.25, 0.3) is 0 Å². The van der Waals surface area contributed by atoms with Gasteiger partial charge in [-0.1, -0.05) is 0 Å². The van der Waals surface area contributed by atoms with E-state index < -0.39 is 11.5 Å². The number of carboxylic acids is 1. The average molecular weight is 322 g/mol. The lowest BCUT2D eigenvalue weighted by Crippen LogP contribution is -2.54. The Hall–Kier alpha value is -2.09. The second-order valence-corrected chi connectivity index (χ2v) is 6.37. The Bertz CT molecular complexity index is 616. The van der Waals surface area contributed by atoms with Gasteiger partial charge in [0.1, 0.15) is 5.54 Å². The lowest BCUT2D eigenvalue weighted by Gasteiger charge is -2.33. The summed E-state index contributed by atoms with van der Waals surface area (Å²) in [5.74, 6) is -1.01. The van der Waals surface area contributed by atoms with Crippen molar-refractivity contribution in [3.05, 3.63) is 18.0 Å². The summed E-state index contributed by atoms with van der Waals surface area (Å²) in [5.41, 5.74) is -0.288. The summed E-state index contributed by atoms with van der Waals surface area (Å²) in [4.78, 5) is 25.7. The van der Waals surface area contributed by atoms with Crippen molar-refractivity contribution in [2.45, 2.75) is 50.4 Å². The number of hydrogen-bond acceptors (Lipinski definition) is 4. The van der Waals surface area contributed by atoms with Crippen LogP contribution in [0.5, 0.6) is 0 Å². The minimum absolute atomic E-state index is 0.140. The quantitative estimate of drug-likeness (QED) is 0.865. The van der Waals surface area contributed by atoms with E-state index in [9.17, 15) is 14.7 Å². The molecular weight excluding hydrogens is 300 g/mol. The standard InChI is InChI=1S/C15H22N4O4/c1-15(13(20)21)8-10(23-2)9-18(15)14(22)17-11-4-3-7-19-12(11)5-6-16-19/h5-6,10-11H,3-4,7-9H2,1-2H3,(H,17,22)(H,20,21). The zero-order chi connectivity index (χ0) is 16.6. The summed E-state index contributed by atoms with van der Waals surface area (Å²) in [6.45, 7) is 2.69. The van der Waals surface area contributed by atoms with Gasteiger partial charge in [0.05, 0.1) is 17.8 Å². The van der Waals surface area contributed by atoms with Gasteiger partial charge in [0.15, 0.2) is 0 Å². The van der Waals surface area contributed by atoms with Crippen LogP contribution in [0.4, 0.5) is 4.79 Å². The summed E-state index contributed by atoms with van der Waals surface area (Å²) in [6, 6.07) is 1.38. The molecule has 0 saturated carbocycles. The second-order valence-electron chi connectivity index (χ2n) is 6.37. The number of ether oxygens (including phenoxy) is 1. The van der Waals surface area contributed by atoms with Gasteiger partial charge in [-0.05, 0) is 25.8 Å². The minimum atomic E-state index is -1.25. The third-order valence-electron chi connectivity index (χ3n) is 4.91. The maximum atomic E-state index is 12.7. The number of aryl methyl sites for hydroxylation is 1. The molecule has 3 rings (SSSR count). The molecule has 8 nitrogen and oxygen atoms in total. The number of amides is 2. The molecule has 1 aromatic heterocycles. The van der Waals surface area contributed by atoms with Crippen LogP contribution in [0.15, 0.2) is 12.3 Å². The number of aromatic nitrogens is 2. The van der Waals surface area contributed by atoms with Gasteiger partial charge in [-0.15, -0.1) is 0 Å². The number of rotatable bonds is 3. The Balaban J connectivity index is 1.77. The number of hydrogen-bond donors (Lipinski definition) is 2. The first-order valence-corrected chi connectivity index (χ1v) is 7.81. The number of urea groups is 1. The molecule has 1 saturated heterocycles. The van der Waals surface area contributed by atoms with Gasteiger partial charge in [0.2, 0.25) is 0 Å². The van der Waals surface area contributed by atoms with Gasteiger partial charge in [0.25, 0.3) is 0 Å². The highest BCUT2D eigenvalue weighted by atomic mass is 16.5. The fraction of sp³-hybridized carbons (Fsp3) is 0.667. The third-order valence-corrected chi connectivity index (χ3v) is 4.91. The Morgan fingerprint density at radius 2 is 2.30 bits per heavy atom. The highest BCUT2D eigenvalue weighted by Crippen LogP contribution is 2.32. The summed E-state index contributed by atoms with van der Waals surface area (Å²) in [5, 5.41) is 16.7. The van der Waals surface area contributed by atoms with Crippen LogP contribution in [-0.4, -0.2) is 57.1 Å². The number of aliphatic carboxylic acids is 1. The Kier molecular flexibility index (Phi) is 4.01. The van der Waals surface area contributed by atoms with E-state index in [1.807, 2.05) is 10.7 Å². The van der Waals surface area contributed by atoms with E-state index in [-0.39, 0.29) is 31.1 Å². The summed E-state index contributed by atoms with van der Waals surface area (Å²) in [7, 11) is 1.54. The molecule has 3 atom stereocenters. The Morgan fingerprint density at radius 1 is 1.52 bits per heavy atom. The van der Waals surface area contributed by atoms with Gasteiger partial charge in [0, 0.05) is 32.8 Å². The molecule has 2 N–H and O–H groups in total. The number of carbonyl (C=O) groups excluding carboxylic acids is 1. The van der Waals surface area contributed by atoms with Crippen LogP contribution in [0, 0.1) is 0 Å². The average Bonchev–Trinajstić information content (AvgIpc) is 3.12. The molecule has 3 unspecified atom stereocenters. The van der Waals surface area contributed by atoms with Crippen LogP contribution in [0.1, 0.15) is 37.9 Å². The van der Waals surface area contributed by atoms with E-state index >= 15 is 0 Å². The Labute approximate surface area is 134 Å². The number of likely N-dealkylation sites (tertiary alicyclic amines) is 1. The fourth-order valence-electron chi connectivity index (χ4n) is 3.48. The van der Waals surface area contributed by atoms with E-state index in [4.69, 9.17) is 4.74 Å². The molecule has 0 spiro atoms. The van der Waals surface area contributed by atoms with Crippen molar-refractivity contribution in [2.75, 3.05) is 13.7 Å². The van der Waals surface area contributed by atoms with E-state index in [2.05, 4.69) is 10.4 Å². The number of fused-ring (bicyclic) bond motifs is 1. The normalized spacial score (nSPS) is 30.1. The minimum Gasteiger partial charge on any atom is -0.480 e. The maximum absolute atomic E-state index is 12.7. The molecule has 0 aromatic carbocycles. The summed E-state index contributed by atoms with van der Waals surface area (Å²) in [6.07, 6.45) is 3.49. The van der Waals surface area contributed by atoms with E-state index in [1.165, 1.54) is 12.0 Å². The lowest BCUT2D eigenvalue weighted by atomic mass is 9.98. The monoisotopic (exact) mass is 322 g/mol. The van der Waals surface area contributed by atoms with Crippen LogP contribution >= 0.6 is 0 Å². The predicted octanol–water partition coefficient (Wildman–Crippen LogP) is 0.992. The van der Waals surface area contributed by atoms with Crippen LogP contribution in [-0.2, 0) is 16.1 Å². The van der Waals surface area contributed by atoms with Crippen molar-refractivity contribution >= 4 is 12.0 Å². The van der Waals surface area contributed by atoms with Crippen molar-refractivity contribution in [3.63, 3.8) is 0 Å². The largest absolute Gasteiger partial charge is 0.480 e. The zero-order valence-corrected chi connectivity index (χ0v) is 13.4. The molecule has 0 bridgehead atoms. The SMILES string of the molecule is COC1CN(C(=O)NC2CCCn3nccc32)C(C)(C(=O)O)C1. The molecule has 2 aliphatic rings. The first-order valence-electron chi connectivity index (χ1n) is 7.81. The summed E-state index contributed by atoms with van der Waals surface area (Å²) >= 11 is 0. The van der Waals surface area contributed by atoms with Crippen LogP contribution < -0.4 is 5.32 Å². The van der Waals surface area contributed by atoms with E-state index in [0.29, 0.717) is 0 Å². The van der Waals surface area contributed by atoms with Gasteiger partial charge < -0.3 is 20.1 Å². The third kappa shape index (κ3) is 2.67. The highest BCUT2D eigenvalue weighted by molar-refractivity contribution is 5.87. The van der Waals surface area contributed by atoms with Gasteiger partial charge >= 0.3 is 12.0 Å². The Morgan fingerprint density at radius 3 is 3.00 bits per heavy atom. The van der Waals surface area contributed by atoms with Crippen molar-refractivity contribution in [2.24, 2.45) is 0 Å². The van der Waals surface area contributed by atoms with Crippen molar-refractivity contribution in [3.8, 4) is 0 Å². The molecule has 1 aromatic rings. The number of nitrogens with one attached hydrogen (secondary N) is 1. The smallest absolute Gasteiger partial charge is 0.329 e. The fourth-order valence-corrected chi connectivity index (χ4v) is 3.48. The number of carbonyl (C=O) groups is 2. The molecule has 8 heteroatoms. The van der Waals surface area contributed by atoms with E-state index in [0.717, 1.165) is 25.1 Å². The highest BCUT2D eigenvalue weighted by Gasteiger charge is 2.50. The van der Waals surface area contributed by atoms with E-state index in [1.54, 1.807) is 13.1 Å². The van der Waals surface area contributed by atoms with Crippen LogP contribution in [0.3, 0.4) is 0 Å². The first-order chi connectivity index (χ1) is 11.0. The van der Waals surface area contributed by atoms with Gasteiger partial charge in [-0.25, -0.2) is 9.59 Å². The second kappa shape index (κ2) is 5.84. The number of carboxylic acid groups (broad SMARTS) is 1. The molecule has 0 aliphatic carbocycles. The van der Waals surface area contributed by atoms with Gasteiger partial charge in [-0.3, -0.25) is 4.68 Å². The molecule has 2 amide bonds. The maximum Gasteiger partial charge on any atom is 0.329 e. The molecule has 1 fully saturated rings. The number of methoxy groups -OCH3 is 1. The zero-order valence-electron chi connectivity index (χ0n) is 13.4. The van der Waals surface area contributed by atoms with Crippen molar-refractivity contribution in [1.29, 1.82) is 0 Å².